The van der Waals surface area contributed by atoms with E-state index >= 15 is 0 Å². The molecule has 0 aliphatic carbocycles. The number of hydrogen-bond acceptors (Lipinski definition) is 3. The Morgan fingerprint density at radius 1 is 1.19 bits per heavy atom. The molecule has 0 spiro atoms. The lowest BCUT2D eigenvalue weighted by atomic mass is 9.96. The van der Waals surface area contributed by atoms with Gasteiger partial charge in [-0.2, -0.15) is 0 Å². The second-order valence-electron chi connectivity index (χ2n) is 6.49. The first kappa shape index (κ1) is 14.9. The minimum atomic E-state index is 0.733. The highest BCUT2D eigenvalue weighted by atomic mass is 16.5. The van der Waals surface area contributed by atoms with E-state index in [1.54, 1.807) is 7.11 Å². The van der Waals surface area contributed by atoms with E-state index in [0.29, 0.717) is 0 Å². The summed E-state index contributed by atoms with van der Waals surface area (Å²) in [5.41, 5.74) is 1.33. The van der Waals surface area contributed by atoms with Crippen LogP contribution in [0.3, 0.4) is 0 Å². The molecule has 3 heteroatoms. The van der Waals surface area contributed by atoms with Crippen LogP contribution in [-0.4, -0.2) is 36.7 Å². The number of nitrogens with zero attached hydrogens (tertiary/aromatic N) is 1. The van der Waals surface area contributed by atoms with Crippen LogP contribution in [0.25, 0.3) is 0 Å². The molecular formula is C18H28N2O. The summed E-state index contributed by atoms with van der Waals surface area (Å²) in [6.45, 7) is 4.45. The maximum Gasteiger partial charge on any atom is 0.123 e. The van der Waals surface area contributed by atoms with Crippen LogP contribution in [0.4, 0.5) is 0 Å². The molecule has 2 bridgehead atoms. The molecule has 21 heavy (non-hydrogen) atoms. The minimum absolute atomic E-state index is 0.733. The molecule has 2 unspecified atom stereocenters. The van der Waals surface area contributed by atoms with Gasteiger partial charge in [0.05, 0.1) is 7.11 Å². The van der Waals surface area contributed by atoms with Crippen LogP contribution < -0.4 is 10.1 Å². The van der Waals surface area contributed by atoms with Crippen molar-refractivity contribution in [2.24, 2.45) is 0 Å². The lowest BCUT2D eigenvalue weighted by Gasteiger charge is -2.39. The van der Waals surface area contributed by atoms with Crippen molar-refractivity contribution in [1.29, 1.82) is 0 Å². The summed E-state index contributed by atoms with van der Waals surface area (Å²) in [7, 11) is 1.77. The second kappa shape index (κ2) is 6.80. The molecule has 2 atom stereocenters. The van der Waals surface area contributed by atoms with Crippen LogP contribution in [0.2, 0.25) is 0 Å². The van der Waals surface area contributed by atoms with Crippen LogP contribution in [0.1, 0.15) is 44.6 Å². The van der Waals surface area contributed by atoms with Gasteiger partial charge < -0.3 is 10.1 Å². The molecule has 2 heterocycles. The van der Waals surface area contributed by atoms with Crippen molar-refractivity contribution in [3.05, 3.63) is 29.8 Å². The van der Waals surface area contributed by atoms with Gasteiger partial charge in [0.15, 0.2) is 0 Å². The average molecular weight is 288 g/mol. The largest absolute Gasteiger partial charge is 0.496 e. The fraction of sp³-hybridized carbons (Fsp3) is 0.667. The quantitative estimate of drug-likeness (QED) is 0.870. The van der Waals surface area contributed by atoms with E-state index in [9.17, 15) is 0 Å². The monoisotopic (exact) mass is 288 g/mol. The van der Waals surface area contributed by atoms with Crippen LogP contribution in [-0.2, 0) is 6.54 Å². The van der Waals surface area contributed by atoms with Gasteiger partial charge in [0.1, 0.15) is 5.75 Å². The Balaban J connectivity index is 1.65. The smallest absolute Gasteiger partial charge is 0.123 e. The number of ether oxygens (including phenoxy) is 1. The summed E-state index contributed by atoms with van der Waals surface area (Å²) in [5, 5.41) is 3.73. The molecule has 1 aromatic carbocycles. The lowest BCUT2D eigenvalue weighted by molar-refractivity contribution is 0.108. The predicted molar refractivity (Wildman–Crippen MR) is 86.7 cm³/mol. The van der Waals surface area contributed by atoms with E-state index in [2.05, 4.69) is 41.4 Å². The third-order valence-electron chi connectivity index (χ3n) is 5.11. The van der Waals surface area contributed by atoms with Crippen molar-refractivity contribution >= 4 is 0 Å². The van der Waals surface area contributed by atoms with Gasteiger partial charge in [-0.05, 0) is 44.7 Å². The van der Waals surface area contributed by atoms with Crippen LogP contribution in [0, 0.1) is 0 Å². The summed E-state index contributed by atoms with van der Waals surface area (Å²) >= 11 is 0. The fourth-order valence-electron chi connectivity index (χ4n) is 4.08. The first-order valence-electron chi connectivity index (χ1n) is 8.42. The normalized spacial score (nSPS) is 28.8. The summed E-state index contributed by atoms with van der Waals surface area (Å²) in [4.78, 5) is 2.72. The van der Waals surface area contributed by atoms with Crippen LogP contribution >= 0.6 is 0 Å². The van der Waals surface area contributed by atoms with E-state index in [4.69, 9.17) is 4.74 Å². The number of nitrogens with one attached hydrogen (secondary N) is 1. The molecule has 2 saturated heterocycles. The molecule has 3 nitrogen and oxygen atoms in total. The molecule has 2 aliphatic rings. The maximum atomic E-state index is 5.51. The SMILES string of the molecule is CCCNC1CC2CCC(C1)N2Cc1ccccc1OC. The maximum absolute atomic E-state index is 5.51. The number of benzene rings is 1. The van der Waals surface area contributed by atoms with Crippen molar-refractivity contribution in [1.82, 2.24) is 10.2 Å². The zero-order chi connectivity index (χ0) is 14.7. The Hall–Kier alpha value is -1.06. The zero-order valence-electron chi connectivity index (χ0n) is 13.3. The van der Waals surface area contributed by atoms with Gasteiger partial charge in [-0.3, -0.25) is 4.90 Å². The number of methoxy groups -OCH3 is 1. The molecule has 2 aliphatic heterocycles. The Morgan fingerprint density at radius 3 is 2.57 bits per heavy atom. The van der Waals surface area contributed by atoms with E-state index in [1.165, 1.54) is 37.7 Å². The summed E-state index contributed by atoms with van der Waals surface area (Å²) < 4.78 is 5.51. The van der Waals surface area contributed by atoms with Gasteiger partial charge in [-0.1, -0.05) is 25.1 Å². The molecular weight excluding hydrogens is 260 g/mol. The van der Waals surface area contributed by atoms with Crippen LogP contribution in [0.5, 0.6) is 5.75 Å². The molecule has 1 N–H and O–H groups in total. The van der Waals surface area contributed by atoms with Crippen molar-refractivity contribution in [2.45, 2.75) is 63.7 Å². The van der Waals surface area contributed by atoms with E-state index in [-0.39, 0.29) is 0 Å². The fourth-order valence-corrected chi connectivity index (χ4v) is 4.08. The van der Waals surface area contributed by atoms with E-state index in [1.807, 2.05) is 0 Å². The lowest BCUT2D eigenvalue weighted by Crippen LogP contribution is -2.48. The molecule has 3 rings (SSSR count). The third-order valence-corrected chi connectivity index (χ3v) is 5.11. The van der Waals surface area contributed by atoms with Gasteiger partial charge in [0.25, 0.3) is 0 Å². The van der Waals surface area contributed by atoms with Gasteiger partial charge >= 0.3 is 0 Å². The van der Waals surface area contributed by atoms with E-state index in [0.717, 1.165) is 37.0 Å². The third kappa shape index (κ3) is 3.24. The van der Waals surface area contributed by atoms with Crippen molar-refractivity contribution < 1.29 is 4.74 Å². The predicted octanol–water partition coefficient (Wildman–Crippen LogP) is 3.19. The van der Waals surface area contributed by atoms with Gasteiger partial charge in [-0.15, -0.1) is 0 Å². The van der Waals surface area contributed by atoms with Crippen LogP contribution in [0.15, 0.2) is 24.3 Å². The van der Waals surface area contributed by atoms with Gasteiger partial charge in [0.2, 0.25) is 0 Å². The van der Waals surface area contributed by atoms with Gasteiger partial charge in [0, 0.05) is 30.2 Å². The number of para-hydroxylation sites is 1. The Labute approximate surface area is 128 Å². The number of piperidine rings is 1. The van der Waals surface area contributed by atoms with Gasteiger partial charge in [-0.25, -0.2) is 0 Å². The molecule has 0 saturated carbocycles. The topological polar surface area (TPSA) is 24.5 Å². The second-order valence-corrected chi connectivity index (χ2v) is 6.49. The average Bonchev–Trinajstić information content (AvgIpc) is 2.75. The summed E-state index contributed by atoms with van der Waals surface area (Å²) in [6, 6.07) is 10.7. The number of fused-ring (bicyclic) bond motifs is 2. The zero-order valence-corrected chi connectivity index (χ0v) is 13.3. The summed E-state index contributed by atoms with van der Waals surface area (Å²) in [5.74, 6) is 1.03. The molecule has 1 aromatic rings. The standard InChI is InChI=1S/C18H28N2O/c1-3-10-19-15-11-16-8-9-17(12-15)20(16)13-14-6-4-5-7-18(14)21-2/h4-7,15-17,19H,3,8-13H2,1-2H3. The molecule has 0 amide bonds. The van der Waals surface area contributed by atoms with Crippen molar-refractivity contribution in [2.75, 3.05) is 13.7 Å². The molecule has 0 radical (unpaired) electrons. The number of hydrogen-bond donors (Lipinski definition) is 1. The Bertz CT molecular complexity index is 448. The Kier molecular flexibility index (Phi) is 4.81. The summed E-state index contributed by atoms with van der Waals surface area (Å²) in [6.07, 6.45) is 6.59. The molecule has 0 aromatic heterocycles. The minimum Gasteiger partial charge on any atom is -0.496 e. The highest BCUT2D eigenvalue weighted by Gasteiger charge is 2.40. The van der Waals surface area contributed by atoms with Crippen molar-refractivity contribution in [3.63, 3.8) is 0 Å². The molecule has 116 valence electrons. The van der Waals surface area contributed by atoms with Crippen molar-refractivity contribution in [3.8, 4) is 5.75 Å². The highest BCUT2D eigenvalue weighted by Crippen LogP contribution is 2.37. The highest BCUT2D eigenvalue weighted by molar-refractivity contribution is 5.33. The first-order chi connectivity index (χ1) is 10.3. The Morgan fingerprint density at radius 2 is 1.90 bits per heavy atom. The van der Waals surface area contributed by atoms with E-state index < -0.39 is 0 Å². The first-order valence-corrected chi connectivity index (χ1v) is 8.42. The molecule has 2 fully saturated rings. The number of rotatable bonds is 6.